The van der Waals surface area contributed by atoms with Crippen LogP contribution in [0.5, 0.6) is 11.5 Å². The Morgan fingerprint density at radius 3 is 2.26 bits per heavy atom. The maximum atomic E-state index is 13.6. The monoisotopic (exact) mass is 492 g/mol. The molecule has 9 nitrogen and oxygen atoms in total. The Kier molecular flexibility index (Phi) is 5.42. The topological polar surface area (TPSA) is 119 Å². The van der Waals surface area contributed by atoms with Crippen LogP contribution in [0.25, 0.3) is 0 Å². The van der Waals surface area contributed by atoms with Crippen LogP contribution in [0, 0.1) is 5.92 Å². The molecule has 0 saturated carbocycles. The van der Waals surface area contributed by atoms with Gasteiger partial charge in [-0.05, 0) is 35.9 Å². The van der Waals surface area contributed by atoms with Crippen LogP contribution in [0.4, 0.5) is 0 Å². The highest BCUT2D eigenvalue weighted by atomic mass is 32.2. The molecule has 35 heavy (non-hydrogen) atoms. The third-order valence-electron chi connectivity index (χ3n) is 6.19. The number of rotatable bonds is 5. The van der Waals surface area contributed by atoms with Crippen molar-refractivity contribution in [3.8, 4) is 11.5 Å². The van der Waals surface area contributed by atoms with Gasteiger partial charge in [0.05, 0.1) is 12.0 Å². The van der Waals surface area contributed by atoms with Gasteiger partial charge >= 0.3 is 5.97 Å². The second-order valence-electron chi connectivity index (χ2n) is 8.11. The molecule has 10 heteroatoms. The lowest BCUT2D eigenvalue weighted by Crippen LogP contribution is -2.54. The van der Waals surface area contributed by atoms with Crippen LogP contribution in [-0.4, -0.2) is 37.6 Å². The van der Waals surface area contributed by atoms with E-state index in [1.54, 1.807) is 42.5 Å². The quantitative estimate of drug-likeness (QED) is 0.330. The summed E-state index contributed by atoms with van der Waals surface area (Å²) in [5.41, 5.74) is -1.52. The maximum absolute atomic E-state index is 13.6. The van der Waals surface area contributed by atoms with Crippen LogP contribution < -0.4 is 10.1 Å². The van der Waals surface area contributed by atoms with E-state index in [0.717, 1.165) is 11.4 Å². The number of sulfonamides is 1. The number of carbonyl (C=O) groups is 3. The van der Waals surface area contributed by atoms with E-state index in [4.69, 9.17) is 9.47 Å². The molecule has 5 rings (SSSR count). The van der Waals surface area contributed by atoms with E-state index in [1.807, 2.05) is 18.2 Å². The highest BCUT2D eigenvalue weighted by Gasteiger charge is 2.70. The van der Waals surface area contributed by atoms with E-state index in [9.17, 15) is 22.8 Å². The van der Waals surface area contributed by atoms with Crippen LogP contribution in [0.3, 0.4) is 0 Å². The lowest BCUT2D eigenvalue weighted by molar-refractivity contribution is -0.154. The molecule has 1 N–H and O–H groups in total. The molecule has 0 aliphatic carbocycles. The smallest absolute Gasteiger partial charge is 0.321 e. The fourth-order valence-electron chi connectivity index (χ4n) is 4.64. The Hall–Kier alpha value is -4.02. The van der Waals surface area contributed by atoms with Gasteiger partial charge < -0.3 is 9.47 Å². The summed E-state index contributed by atoms with van der Waals surface area (Å²) in [4.78, 5) is 38.6. The highest BCUT2D eigenvalue weighted by molar-refractivity contribution is 7.89. The summed E-state index contributed by atoms with van der Waals surface area (Å²) in [5.74, 6) is -3.33. The zero-order valence-electron chi connectivity index (χ0n) is 18.5. The molecule has 1 fully saturated rings. The number of esters is 1. The van der Waals surface area contributed by atoms with Gasteiger partial charge in [-0.1, -0.05) is 48.5 Å². The predicted octanol–water partition coefficient (Wildman–Crippen LogP) is 2.32. The molecular formula is C25H20N2O7S. The van der Waals surface area contributed by atoms with Gasteiger partial charge in [0.15, 0.2) is 11.5 Å². The van der Waals surface area contributed by atoms with Crippen molar-refractivity contribution >= 4 is 27.8 Å². The molecule has 1 spiro atoms. The average molecular weight is 493 g/mol. The number of methoxy groups -OCH3 is 1. The second kappa shape index (κ2) is 8.33. The number of fused-ring (bicyclic) bond motifs is 2. The number of amides is 2. The van der Waals surface area contributed by atoms with E-state index in [-0.39, 0.29) is 17.0 Å². The van der Waals surface area contributed by atoms with Crippen molar-refractivity contribution in [3.63, 3.8) is 0 Å². The molecule has 2 amide bonds. The number of nitrogens with one attached hydrogen (secondary N) is 1. The third-order valence-corrected chi connectivity index (χ3v) is 8.10. The van der Waals surface area contributed by atoms with E-state index in [0.29, 0.717) is 17.1 Å². The first-order chi connectivity index (χ1) is 16.8. The standard InChI is InChI=1S/C25H20N2O7S/c1-33-23(29)21-22(28)26-24(30)25(21)19-9-5-6-10-20(19)35(31,32)27(25)15-16-11-13-18(14-12-16)34-17-7-3-2-4-8-17/h2-14,21H,15H2,1H3,(H,26,28,30). The number of hydrogen-bond acceptors (Lipinski definition) is 7. The molecule has 3 aromatic rings. The summed E-state index contributed by atoms with van der Waals surface area (Å²) >= 11 is 0. The van der Waals surface area contributed by atoms with Crippen LogP contribution >= 0.6 is 0 Å². The normalized spacial score (nSPS) is 22.6. The SMILES string of the molecule is COC(=O)C1C(=O)NC(=O)C12c1ccccc1S(=O)(=O)N2Cc1ccc(Oc2ccccc2)cc1. The molecule has 178 valence electrons. The van der Waals surface area contributed by atoms with Gasteiger partial charge in [-0.25, -0.2) is 8.42 Å². The van der Waals surface area contributed by atoms with Crippen LogP contribution in [0.2, 0.25) is 0 Å². The fourth-order valence-corrected chi connectivity index (χ4v) is 6.62. The van der Waals surface area contributed by atoms with Crippen LogP contribution in [0.15, 0.2) is 83.8 Å². The van der Waals surface area contributed by atoms with Crippen molar-refractivity contribution in [2.75, 3.05) is 7.11 Å². The molecule has 0 radical (unpaired) electrons. The first kappa shape index (κ1) is 22.8. The number of benzene rings is 3. The van der Waals surface area contributed by atoms with Crippen molar-refractivity contribution in [2.45, 2.75) is 17.0 Å². The van der Waals surface area contributed by atoms with Gasteiger partial charge in [0.1, 0.15) is 11.5 Å². The van der Waals surface area contributed by atoms with Crippen molar-refractivity contribution in [1.82, 2.24) is 9.62 Å². The summed E-state index contributed by atoms with van der Waals surface area (Å²) in [7, 11) is -3.16. The molecule has 1 saturated heterocycles. The minimum absolute atomic E-state index is 0.0581. The molecule has 3 aromatic carbocycles. The fraction of sp³-hybridized carbons (Fsp3) is 0.160. The van der Waals surface area contributed by atoms with Gasteiger partial charge in [-0.2, -0.15) is 4.31 Å². The summed E-state index contributed by atoms with van der Waals surface area (Å²) < 4.78 is 38.7. The molecule has 2 heterocycles. The van der Waals surface area contributed by atoms with Gasteiger partial charge in [-0.3, -0.25) is 19.7 Å². The van der Waals surface area contributed by atoms with Gasteiger partial charge in [-0.15, -0.1) is 0 Å². The summed E-state index contributed by atoms with van der Waals surface area (Å²) in [5, 5.41) is 2.14. The second-order valence-corrected chi connectivity index (χ2v) is 9.94. The number of carbonyl (C=O) groups excluding carboxylic acids is 3. The van der Waals surface area contributed by atoms with Crippen molar-refractivity contribution < 1.29 is 32.3 Å². The zero-order valence-corrected chi connectivity index (χ0v) is 19.3. The van der Waals surface area contributed by atoms with Crippen molar-refractivity contribution in [1.29, 1.82) is 0 Å². The highest BCUT2D eigenvalue weighted by Crippen LogP contribution is 2.52. The Morgan fingerprint density at radius 1 is 0.943 bits per heavy atom. The van der Waals surface area contributed by atoms with Gasteiger partial charge in [0.2, 0.25) is 15.9 Å². The molecule has 2 aliphatic rings. The number of ether oxygens (including phenoxy) is 2. The number of nitrogens with zero attached hydrogens (tertiary/aromatic N) is 1. The van der Waals surface area contributed by atoms with Gasteiger partial charge in [0, 0.05) is 12.1 Å². The van der Waals surface area contributed by atoms with E-state index in [2.05, 4.69) is 5.32 Å². The Morgan fingerprint density at radius 2 is 1.57 bits per heavy atom. The molecule has 2 aliphatic heterocycles. The molecule has 2 atom stereocenters. The summed E-state index contributed by atoms with van der Waals surface area (Å²) in [6.45, 7) is -0.267. The number of imide groups is 1. The Bertz CT molecular complexity index is 1440. The summed E-state index contributed by atoms with van der Waals surface area (Å²) in [6, 6.07) is 21.7. The van der Waals surface area contributed by atoms with Crippen LogP contribution in [-0.2, 0) is 41.2 Å². The minimum Gasteiger partial charge on any atom is -0.468 e. The zero-order chi connectivity index (χ0) is 24.8. The number of para-hydroxylation sites is 1. The Labute approximate surface area is 201 Å². The minimum atomic E-state index is -4.24. The molecule has 0 aromatic heterocycles. The van der Waals surface area contributed by atoms with Crippen molar-refractivity contribution in [2.24, 2.45) is 5.92 Å². The lowest BCUT2D eigenvalue weighted by Gasteiger charge is -2.34. The number of hydrogen-bond donors (Lipinski definition) is 1. The summed E-state index contributed by atoms with van der Waals surface area (Å²) in [6.07, 6.45) is 0. The molecular weight excluding hydrogens is 472 g/mol. The third kappa shape index (κ3) is 3.41. The first-order valence-electron chi connectivity index (χ1n) is 10.7. The maximum Gasteiger partial charge on any atom is 0.321 e. The van der Waals surface area contributed by atoms with Crippen molar-refractivity contribution in [3.05, 3.63) is 90.0 Å². The molecule has 0 bridgehead atoms. The van der Waals surface area contributed by atoms with E-state index < -0.39 is 39.3 Å². The van der Waals surface area contributed by atoms with E-state index >= 15 is 0 Å². The predicted molar refractivity (Wildman–Crippen MR) is 122 cm³/mol. The van der Waals surface area contributed by atoms with E-state index in [1.165, 1.54) is 18.2 Å². The Balaban J connectivity index is 1.57. The largest absolute Gasteiger partial charge is 0.468 e. The first-order valence-corrected chi connectivity index (χ1v) is 12.1. The van der Waals surface area contributed by atoms with Crippen LogP contribution in [0.1, 0.15) is 11.1 Å². The average Bonchev–Trinajstić information content (AvgIpc) is 3.23. The molecule has 2 unspecified atom stereocenters. The van der Waals surface area contributed by atoms with Gasteiger partial charge in [0.25, 0.3) is 5.91 Å². The lowest BCUT2D eigenvalue weighted by atomic mass is 9.79.